The highest BCUT2D eigenvalue weighted by molar-refractivity contribution is 6.50. The van der Waals surface area contributed by atoms with Gasteiger partial charge in [-0.25, -0.2) is 0 Å². The molecule has 6 heteroatoms. The van der Waals surface area contributed by atoms with Gasteiger partial charge in [-0.1, -0.05) is 48.7 Å². The molecule has 3 rings (SSSR count). The van der Waals surface area contributed by atoms with E-state index in [1.54, 1.807) is 13.2 Å². The number of hydrogen-bond donors (Lipinski definition) is 0. The number of aryl methyl sites for hydroxylation is 1. The van der Waals surface area contributed by atoms with Crippen LogP contribution < -0.4 is 9.47 Å². The van der Waals surface area contributed by atoms with Gasteiger partial charge in [0.25, 0.3) is 5.89 Å². The standard InChI is InChI=1S/C22H23ClN2O3/c1-4-5-11-27-20-14-16(9-10-19(20)26-3)13-18(23)22-25-24-21(28-22)17-8-6-7-15(2)12-17/h6-10,12-14H,4-5,11H2,1-3H3/b18-13-. The van der Waals surface area contributed by atoms with Gasteiger partial charge in [0.1, 0.15) is 5.03 Å². The Morgan fingerprint density at radius 3 is 2.75 bits per heavy atom. The van der Waals surface area contributed by atoms with Crippen LogP contribution in [0, 0.1) is 6.92 Å². The zero-order valence-electron chi connectivity index (χ0n) is 16.2. The van der Waals surface area contributed by atoms with Crippen molar-refractivity contribution in [3.8, 4) is 23.0 Å². The van der Waals surface area contributed by atoms with Gasteiger partial charge < -0.3 is 13.9 Å². The highest BCUT2D eigenvalue weighted by Crippen LogP contribution is 2.31. The predicted molar refractivity (Wildman–Crippen MR) is 112 cm³/mol. The number of aromatic nitrogens is 2. The molecule has 0 N–H and O–H groups in total. The van der Waals surface area contributed by atoms with Crippen LogP contribution in [0.3, 0.4) is 0 Å². The van der Waals surface area contributed by atoms with E-state index in [1.807, 2.05) is 49.4 Å². The third-order valence-corrected chi connectivity index (χ3v) is 4.40. The quantitative estimate of drug-likeness (QED) is 0.437. The summed E-state index contributed by atoms with van der Waals surface area (Å²) in [5.41, 5.74) is 2.83. The fourth-order valence-electron chi connectivity index (χ4n) is 2.64. The summed E-state index contributed by atoms with van der Waals surface area (Å²) in [5, 5.41) is 8.52. The van der Waals surface area contributed by atoms with Crippen molar-refractivity contribution in [1.82, 2.24) is 10.2 Å². The summed E-state index contributed by atoms with van der Waals surface area (Å²) in [6, 6.07) is 13.5. The van der Waals surface area contributed by atoms with Crippen LogP contribution in [0.4, 0.5) is 0 Å². The van der Waals surface area contributed by atoms with Crippen LogP contribution in [0.5, 0.6) is 11.5 Å². The van der Waals surface area contributed by atoms with E-state index in [2.05, 4.69) is 17.1 Å². The second kappa shape index (κ2) is 9.42. The Morgan fingerprint density at radius 1 is 1.14 bits per heavy atom. The maximum Gasteiger partial charge on any atom is 0.259 e. The molecule has 146 valence electrons. The number of ether oxygens (including phenoxy) is 2. The summed E-state index contributed by atoms with van der Waals surface area (Å²) in [6.45, 7) is 4.77. The molecule has 0 spiro atoms. The van der Waals surface area contributed by atoms with E-state index in [-0.39, 0.29) is 5.89 Å². The lowest BCUT2D eigenvalue weighted by Crippen LogP contribution is -1.99. The number of methoxy groups -OCH3 is 1. The van der Waals surface area contributed by atoms with Crippen LogP contribution in [-0.2, 0) is 0 Å². The molecule has 0 unspecified atom stereocenters. The Bertz CT molecular complexity index is 966. The number of hydrogen-bond acceptors (Lipinski definition) is 5. The second-order valence-corrected chi connectivity index (χ2v) is 6.79. The molecule has 5 nitrogen and oxygen atoms in total. The molecular weight excluding hydrogens is 376 g/mol. The molecule has 0 atom stereocenters. The summed E-state index contributed by atoms with van der Waals surface area (Å²) >= 11 is 6.42. The number of rotatable bonds is 8. The van der Waals surface area contributed by atoms with E-state index in [9.17, 15) is 0 Å². The first-order valence-electron chi connectivity index (χ1n) is 9.19. The molecule has 0 aliphatic carbocycles. The van der Waals surface area contributed by atoms with Gasteiger partial charge in [0.15, 0.2) is 11.5 Å². The molecular formula is C22H23ClN2O3. The molecule has 0 aliphatic rings. The van der Waals surface area contributed by atoms with Crippen molar-refractivity contribution >= 4 is 22.7 Å². The largest absolute Gasteiger partial charge is 0.493 e. The minimum absolute atomic E-state index is 0.266. The average molecular weight is 399 g/mol. The van der Waals surface area contributed by atoms with Crippen molar-refractivity contribution in [2.45, 2.75) is 26.7 Å². The Hall–Kier alpha value is -2.79. The lowest BCUT2D eigenvalue weighted by atomic mass is 10.1. The van der Waals surface area contributed by atoms with E-state index in [1.165, 1.54) is 0 Å². The highest BCUT2D eigenvalue weighted by Gasteiger charge is 2.12. The van der Waals surface area contributed by atoms with E-state index in [0.717, 1.165) is 29.5 Å². The molecule has 0 saturated carbocycles. The van der Waals surface area contributed by atoms with Crippen LogP contribution in [0.2, 0.25) is 0 Å². The van der Waals surface area contributed by atoms with Crippen LogP contribution in [0.1, 0.15) is 36.8 Å². The molecule has 0 radical (unpaired) electrons. The Balaban J connectivity index is 1.82. The zero-order chi connectivity index (χ0) is 19.9. The number of benzene rings is 2. The van der Waals surface area contributed by atoms with Crippen molar-refractivity contribution in [3.05, 3.63) is 59.5 Å². The van der Waals surface area contributed by atoms with E-state index >= 15 is 0 Å². The Labute approximate surface area is 170 Å². The second-order valence-electron chi connectivity index (χ2n) is 6.39. The van der Waals surface area contributed by atoms with Crippen molar-refractivity contribution in [2.75, 3.05) is 13.7 Å². The van der Waals surface area contributed by atoms with Gasteiger partial charge in [-0.15, -0.1) is 10.2 Å². The zero-order valence-corrected chi connectivity index (χ0v) is 17.0. The molecule has 0 aliphatic heterocycles. The fraction of sp³-hybridized carbons (Fsp3) is 0.273. The van der Waals surface area contributed by atoms with Crippen LogP contribution in [0.15, 0.2) is 46.9 Å². The van der Waals surface area contributed by atoms with Gasteiger partial charge in [-0.2, -0.15) is 0 Å². The van der Waals surface area contributed by atoms with Gasteiger partial charge in [0.05, 0.1) is 13.7 Å². The molecule has 28 heavy (non-hydrogen) atoms. The van der Waals surface area contributed by atoms with Crippen molar-refractivity contribution in [1.29, 1.82) is 0 Å². The normalized spacial score (nSPS) is 11.5. The molecule has 3 aromatic rings. The number of unbranched alkanes of at least 4 members (excludes halogenated alkanes) is 1. The van der Waals surface area contributed by atoms with Crippen LogP contribution in [-0.4, -0.2) is 23.9 Å². The SMILES string of the molecule is CCCCOc1cc(/C=C(\Cl)c2nnc(-c3cccc(C)c3)o2)ccc1OC. The molecule has 0 bridgehead atoms. The molecule has 2 aromatic carbocycles. The molecule has 0 amide bonds. The molecule has 0 saturated heterocycles. The predicted octanol–water partition coefficient (Wildman–Crippen LogP) is 5.97. The maximum atomic E-state index is 6.42. The van der Waals surface area contributed by atoms with Gasteiger partial charge in [0.2, 0.25) is 5.89 Å². The summed E-state index contributed by atoms with van der Waals surface area (Å²) < 4.78 is 16.9. The summed E-state index contributed by atoms with van der Waals surface area (Å²) in [7, 11) is 1.62. The minimum atomic E-state index is 0.266. The average Bonchev–Trinajstić information content (AvgIpc) is 3.19. The first-order valence-corrected chi connectivity index (χ1v) is 9.57. The Kier molecular flexibility index (Phi) is 6.71. The topological polar surface area (TPSA) is 57.4 Å². The van der Waals surface area contributed by atoms with Crippen LogP contribution in [0.25, 0.3) is 22.6 Å². The highest BCUT2D eigenvalue weighted by atomic mass is 35.5. The third kappa shape index (κ3) is 4.93. The monoisotopic (exact) mass is 398 g/mol. The lowest BCUT2D eigenvalue weighted by molar-refractivity contribution is 0.288. The summed E-state index contributed by atoms with van der Waals surface area (Å²) in [4.78, 5) is 0. The molecule has 1 aromatic heterocycles. The molecule has 0 fully saturated rings. The first kappa shape index (κ1) is 20.0. The van der Waals surface area contributed by atoms with E-state index < -0.39 is 0 Å². The van der Waals surface area contributed by atoms with Gasteiger partial charge in [-0.05, 0) is 49.2 Å². The van der Waals surface area contributed by atoms with Crippen LogP contribution >= 0.6 is 11.6 Å². The number of nitrogens with zero attached hydrogens (tertiary/aromatic N) is 2. The smallest absolute Gasteiger partial charge is 0.259 e. The first-order chi connectivity index (χ1) is 13.6. The minimum Gasteiger partial charge on any atom is -0.493 e. The summed E-state index contributed by atoms with van der Waals surface area (Å²) in [5.74, 6) is 2.06. The van der Waals surface area contributed by atoms with Gasteiger partial charge in [0, 0.05) is 5.56 Å². The maximum absolute atomic E-state index is 6.42. The van der Waals surface area contributed by atoms with Crippen molar-refractivity contribution in [3.63, 3.8) is 0 Å². The van der Waals surface area contributed by atoms with Gasteiger partial charge >= 0.3 is 0 Å². The summed E-state index contributed by atoms with van der Waals surface area (Å²) in [6.07, 6.45) is 3.81. The van der Waals surface area contributed by atoms with Crippen molar-refractivity contribution in [2.24, 2.45) is 0 Å². The van der Waals surface area contributed by atoms with E-state index in [4.69, 9.17) is 25.5 Å². The third-order valence-electron chi connectivity index (χ3n) is 4.13. The number of halogens is 1. The van der Waals surface area contributed by atoms with Crippen molar-refractivity contribution < 1.29 is 13.9 Å². The lowest BCUT2D eigenvalue weighted by Gasteiger charge is -2.11. The molecule has 1 heterocycles. The van der Waals surface area contributed by atoms with E-state index in [0.29, 0.717) is 29.0 Å². The fourth-order valence-corrected chi connectivity index (χ4v) is 2.85. The van der Waals surface area contributed by atoms with Gasteiger partial charge in [-0.3, -0.25) is 0 Å². The Morgan fingerprint density at radius 2 is 2.00 bits per heavy atom.